The number of nitrogens with two attached hydrogens (primary N) is 1. The highest BCUT2D eigenvalue weighted by Gasteiger charge is 2.00. The Kier molecular flexibility index (Phi) is 3.37. The van der Waals surface area contributed by atoms with Crippen molar-refractivity contribution in [3.05, 3.63) is 53.6 Å². The highest BCUT2D eigenvalue weighted by Crippen LogP contribution is 2.08. The van der Waals surface area contributed by atoms with Gasteiger partial charge in [-0.3, -0.25) is 0 Å². The van der Waals surface area contributed by atoms with Crippen molar-refractivity contribution in [2.75, 3.05) is 0 Å². The minimum absolute atomic E-state index is 0.603. The lowest BCUT2D eigenvalue weighted by molar-refractivity contribution is 0.746. The fourth-order valence-corrected chi connectivity index (χ4v) is 1.76. The number of rotatable bonds is 4. The third kappa shape index (κ3) is 2.31. The van der Waals surface area contributed by atoms with Crippen molar-refractivity contribution < 1.29 is 0 Å². The molecule has 0 atom stereocenters. The number of imidazole rings is 1. The van der Waals surface area contributed by atoms with Crippen LogP contribution in [0, 0.1) is 0 Å². The smallest absolute Gasteiger partial charge is 0.0951 e. The van der Waals surface area contributed by atoms with Gasteiger partial charge in [0.05, 0.1) is 6.33 Å². The summed E-state index contributed by atoms with van der Waals surface area (Å²) in [6.07, 6.45) is 4.82. The van der Waals surface area contributed by atoms with E-state index >= 15 is 0 Å². The summed E-state index contributed by atoms with van der Waals surface area (Å²) in [6, 6.07) is 8.42. The van der Waals surface area contributed by atoms with Crippen molar-refractivity contribution in [2.45, 2.75) is 26.4 Å². The molecule has 0 saturated heterocycles. The first-order valence-corrected chi connectivity index (χ1v) is 5.60. The molecule has 0 saturated carbocycles. The number of benzene rings is 1. The molecule has 0 fully saturated rings. The lowest BCUT2D eigenvalue weighted by atomic mass is 10.1. The largest absolute Gasteiger partial charge is 0.330 e. The van der Waals surface area contributed by atoms with Crippen LogP contribution in [-0.2, 0) is 19.5 Å². The van der Waals surface area contributed by atoms with Gasteiger partial charge in [-0.25, -0.2) is 4.98 Å². The normalized spacial score (nSPS) is 10.6. The van der Waals surface area contributed by atoms with Crippen molar-refractivity contribution >= 4 is 0 Å². The van der Waals surface area contributed by atoms with Gasteiger partial charge >= 0.3 is 0 Å². The van der Waals surface area contributed by atoms with E-state index in [1.54, 1.807) is 0 Å². The first kappa shape index (κ1) is 10.9. The molecule has 1 heterocycles. The van der Waals surface area contributed by atoms with E-state index in [2.05, 4.69) is 40.7 Å². The number of aryl methyl sites for hydroxylation is 1. The highest BCUT2D eigenvalue weighted by atomic mass is 15.0. The summed E-state index contributed by atoms with van der Waals surface area (Å²) in [4.78, 5) is 4.17. The van der Waals surface area contributed by atoms with Crippen LogP contribution in [0.5, 0.6) is 0 Å². The molecule has 0 unspecified atom stereocenters. The van der Waals surface area contributed by atoms with E-state index < -0.39 is 0 Å². The van der Waals surface area contributed by atoms with Gasteiger partial charge in [0.1, 0.15) is 0 Å². The molecule has 3 heteroatoms. The van der Waals surface area contributed by atoms with Crippen LogP contribution in [0.3, 0.4) is 0 Å². The minimum atomic E-state index is 0.603. The summed E-state index contributed by atoms with van der Waals surface area (Å²) in [5.41, 5.74) is 9.29. The zero-order valence-electron chi connectivity index (χ0n) is 9.56. The average Bonchev–Trinajstić information content (AvgIpc) is 2.77. The molecule has 1 aromatic carbocycles. The Morgan fingerprint density at radius 2 is 1.88 bits per heavy atom. The fourth-order valence-electron chi connectivity index (χ4n) is 1.76. The molecule has 0 amide bonds. The summed E-state index contributed by atoms with van der Waals surface area (Å²) in [5.74, 6) is 0. The number of aromatic nitrogens is 2. The van der Waals surface area contributed by atoms with Gasteiger partial charge in [0, 0.05) is 25.0 Å². The van der Waals surface area contributed by atoms with Crippen LogP contribution in [0.4, 0.5) is 0 Å². The maximum atomic E-state index is 5.57. The van der Waals surface area contributed by atoms with Crippen LogP contribution in [0.15, 0.2) is 36.8 Å². The van der Waals surface area contributed by atoms with Crippen LogP contribution in [0.2, 0.25) is 0 Å². The average molecular weight is 215 g/mol. The molecule has 2 rings (SSSR count). The molecular formula is C13H17N3. The van der Waals surface area contributed by atoms with Gasteiger partial charge in [0.25, 0.3) is 0 Å². The van der Waals surface area contributed by atoms with Gasteiger partial charge in [-0.15, -0.1) is 0 Å². The zero-order chi connectivity index (χ0) is 11.4. The van der Waals surface area contributed by atoms with E-state index in [9.17, 15) is 0 Å². The number of hydrogen-bond donors (Lipinski definition) is 1. The first-order chi connectivity index (χ1) is 7.83. The fraction of sp³-hybridized carbons (Fsp3) is 0.308. The van der Waals surface area contributed by atoms with Crippen molar-refractivity contribution in [2.24, 2.45) is 5.73 Å². The third-order valence-electron chi connectivity index (χ3n) is 2.77. The molecule has 2 N–H and O–H groups in total. The molecule has 0 aliphatic rings. The minimum Gasteiger partial charge on any atom is -0.330 e. The predicted octanol–water partition coefficient (Wildman–Crippen LogP) is 1.95. The maximum absolute atomic E-state index is 5.57. The molecule has 3 nitrogen and oxygen atoms in total. The molecule has 0 aliphatic carbocycles. The van der Waals surface area contributed by atoms with Crippen LogP contribution in [-0.4, -0.2) is 9.55 Å². The second-order valence-corrected chi connectivity index (χ2v) is 3.89. The molecule has 0 spiro atoms. The van der Waals surface area contributed by atoms with Gasteiger partial charge in [-0.05, 0) is 17.5 Å². The monoisotopic (exact) mass is 215 g/mol. The summed E-state index contributed by atoms with van der Waals surface area (Å²) < 4.78 is 2.18. The van der Waals surface area contributed by atoms with Gasteiger partial charge < -0.3 is 10.3 Å². The first-order valence-electron chi connectivity index (χ1n) is 5.60. The van der Waals surface area contributed by atoms with Crippen LogP contribution in [0.1, 0.15) is 23.7 Å². The molecule has 0 aliphatic heterocycles. The Bertz CT molecular complexity index is 442. The molecule has 1 aromatic heterocycles. The van der Waals surface area contributed by atoms with E-state index in [-0.39, 0.29) is 0 Å². The number of hydrogen-bond acceptors (Lipinski definition) is 2. The SMILES string of the molecule is CCc1cncn1Cc1ccc(CN)cc1. The topological polar surface area (TPSA) is 43.8 Å². The third-order valence-corrected chi connectivity index (χ3v) is 2.77. The summed E-state index contributed by atoms with van der Waals surface area (Å²) in [6.45, 7) is 3.63. The molecule has 0 bridgehead atoms. The van der Waals surface area contributed by atoms with E-state index in [0.29, 0.717) is 6.54 Å². The van der Waals surface area contributed by atoms with Crippen molar-refractivity contribution in [1.29, 1.82) is 0 Å². The molecule has 0 radical (unpaired) electrons. The lowest BCUT2D eigenvalue weighted by Gasteiger charge is -2.07. The van der Waals surface area contributed by atoms with Gasteiger partial charge in [-0.1, -0.05) is 31.2 Å². The maximum Gasteiger partial charge on any atom is 0.0951 e. The van der Waals surface area contributed by atoms with E-state index in [1.165, 1.54) is 16.8 Å². The van der Waals surface area contributed by atoms with E-state index in [4.69, 9.17) is 5.73 Å². The van der Waals surface area contributed by atoms with E-state index in [1.807, 2.05) is 12.5 Å². The summed E-state index contributed by atoms with van der Waals surface area (Å²) in [5, 5.41) is 0. The molecule has 2 aromatic rings. The predicted molar refractivity (Wildman–Crippen MR) is 65.0 cm³/mol. The standard InChI is InChI=1S/C13H17N3/c1-2-13-8-15-10-16(13)9-12-5-3-11(7-14)4-6-12/h3-6,8,10H,2,7,9,14H2,1H3. The highest BCUT2D eigenvalue weighted by molar-refractivity contribution is 5.23. The van der Waals surface area contributed by atoms with Crippen molar-refractivity contribution in [3.8, 4) is 0 Å². The van der Waals surface area contributed by atoms with Crippen molar-refractivity contribution in [1.82, 2.24) is 9.55 Å². The van der Waals surface area contributed by atoms with Crippen molar-refractivity contribution in [3.63, 3.8) is 0 Å². The number of nitrogens with zero attached hydrogens (tertiary/aromatic N) is 2. The van der Waals surface area contributed by atoms with Crippen LogP contribution < -0.4 is 5.73 Å². The Morgan fingerprint density at radius 3 is 2.50 bits per heavy atom. The Balaban J connectivity index is 2.14. The van der Waals surface area contributed by atoms with Gasteiger partial charge in [-0.2, -0.15) is 0 Å². The van der Waals surface area contributed by atoms with E-state index in [0.717, 1.165) is 13.0 Å². The Morgan fingerprint density at radius 1 is 1.19 bits per heavy atom. The lowest BCUT2D eigenvalue weighted by Crippen LogP contribution is -2.03. The van der Waals surface area contributed by atoms with Crippen LogP contribution in [0.25, 0.3) is 0 Å². The van der Waals surface area contributed by atoms with Crippen LogP contribution >= 0.6 is 0 Å². The summed E-state index contributed by atoms with van der Waals surface area (Å²) >= 11 is 0. The molecule has 16 heavy (non-hydrogen) atoms. The quantitative estimate of drug-likeness (QED) is 0.847. The zero-order valence-corrected chi connectivity index (χ0v) is 9.56. The Hall–Kier alpha value is -1.61. The van der Waals surface area contributed by atoms with Gasteiger partial charge in [0.2, 0.25) is 0 Å². The second-order valence-electron chi connectivity index (χ2n) is 3.89. The second kappa shape index (κ2) is 4.94. The molecule has 84 valence electrons. The Labute approximate surface area is 95.9 Å². The molecular weight excluding hydrogens is 198 g/mol. The van der Waals surface area contributed by atoms with Gasteiger partial charge in [0.15, 0.2) is 0 Å². The summed E-state index contributed by atoms with van der Waals surface area (Å²) in [7, 11) is 0.